The lowest BCUT2D eigenvalue weighted by atomic mass is 10.1. The van der Waals surface area contributed by atoms with Gasteiger partial charge in [-0.15, -0.1) is 0 Å². The molecule has 0 saturated carbocycles. The quantitative estimate of drug-likeness (QED) is 0.681. The second-order valence-electron chi connectivity index (χ2n) is 3.60. The smallest absolute Gasteiger partial charge is 0.121 e. The molecule has 14 heavy (non-hydrogen) atoms. The maximum Gasteiger partial charge on any atom is 0.121 e. The Morgan fingerprint density at radius 1 is 1.36 bits per heavy atom. The number of carbonyl (C=O) groups excluding carboxylic acids is 1. The molecule has 1 rings (SSSR count). The molecule has 1 aromatic carbocycles. The molecule has 0 spiro atoms. The normalized spacial score (nSPS) is 9.93. The molecule has 0 fully saturated rings. The maximum absolute atomic E-state index is 10.3. The van der Waals surface area contributed by atoms with E-state index in [0.29, 0.717) is 6.42 Å². The Balaban J connectivity index is 2.83. The van der Waals surface area contributed by atoms with Crippen LogP contribution in [-0.4, -0.2) is 19.9 Å². The second kappa shape index (κ2) is 4.80. The van der Waals surface area contributed by atoms with Gasteiger partial charge in [-0.2, -0.15) is 0 Å². The summed E-state index contributed by atoms with van der Waals surface area (Å²) in [4.78, 5) is 12.4. The number of aldehydes is 1. The van der Waals surface area contributed by atoms with Crippen molar-refractivity contribution in [2.24, 2.45) is 0 Å². The van der Waals surface area contributed by atoms with Crippen molar-refractivity contribution in [3.8, 4) is 0 Å². The molecule has 0 saturated heterocycles. The third-order valence-electron chi connectivity index (χ3n) is 2.57. The van der Waals surface area contributed by atoms with Crippen LogP contribution in [0.1, 0.15) is 17.5 Å². The van der Waals surface area contributed by atoms with Crippen molar-refractivity contribution in [1.29, 1.82) is 0 Å². The largest absolute Gasteiger partial charge is 0.374 e. The maximum atomic E-state index is 10.3. The van der Waals surface area contributed by atoms with E-state index >= 15 is 0 Å². The second-order valence-corrected chi connectivity index (χ2v) is 3.60. The van der Waals surface area contributed by atoms with Crippen LogP contribution in [-0.2, 0) is 4.79 Å². The van der Waals surface area contributed by atoms with Crippen LogP contribution in [0.25, 0.3) is 0 Å². The molecule has 1 aromatic rings. The molecule has 0 N–H and O–H groups in total. The average molecular weight is 191 g/mol. The Kier molecular flexibility index (Phi) is 3.69. The lowest BCUT2D eigenvalue weighted by Crippen LogP contribution is -2.19. The minimum absolute atomic E-state index is 0.587. The van der Waals surface area contributed by atoms with E-state index in [2.05, 4.69) is 36.9 Å². The van der Waals surface area contributed by atoms with Gasteiger partial charge in [-0.05, 0) is 31.0 Å². The molecule has 2 nitrogen and oxygen atoms in total. The topological polar surface area (TPSA) is 20.3 Å². The molecule has 0 aliphatic rings. The number of carbonyl (C=O) groups is 1. The van der Waals surface area contributed by atoms with Crippen LogP contribution in [0.15, 0.2) is 18.2 Å². The van der Waals surface area contributed by atoms with Crippen LogP contribution in [0.2, 0.25) is 0 Å². The monoisotopic (exact) mass is 191 g/mol. The van der Waals surface area contributed by atoms with Crippen LogP contribution >= 0.6 is 0 Å². The number of hydrogen-bond acceptors (Lipinski definition) is 2. The summed E-state index contributed by atoms with van der Waals surface area (Å²) in [6, 6.07) is 6.24. The Hall–Kier alpha value is -1.31. The highest BCUT2D eigenvalue weighted by Crippen LogP contribution is 2.21. The minimum atomic E-state index is 0.587. The first kappa shape index (κ1) is 10.8. The van der Waals surface area contributed by atoms with Crippen molar-refractivity contribution in [3.63, 3.8) is 0 Å². The highest BCUT2D eigenvalue weighted by atomic mass is 16.1. The predicted octanol–water partition coefficient (Wildman–Crippen LogP) is 2.33. The molecule has 0 atom stereocenters. The summed E-state index contributed by atoms with van der Waals surface area (Å²) in [7, 11) is 2.02. The first-order valence-electron chi connectivity index (χ1n) is 4.88. The van der Waals surface area contributed by atoms with E-state index < -0.39 is 0 Å². The van der Waals surface area contributed by atoms with Gasteiger partial charge in [0, 0.05) is 25.7 Å². The zero-order valence-electron chi connectivity index (χ0n) is 9.08. The van der Waals surface area contributed by atoms with Crippen molar-refractivity contribution in [1.82, 2.24) is 0 Å². The van der Waals surface area contributed by atoms with Gasteiger partial charge in [-0.1, -0.05) is 12.1 Å². The van der Waals surface area contributed by atoms with Crippen LogP contribution in [0.5, 0.6) is 0 Å². The lowest BCUT2D eigenvalue weighted by molar-refractivity contribution is -0.107. The van der Waals surface area contributed by atoms with Gasteiger partial charge in [0.2, 0.25) is 0 Å². The summed E-state index contributed by atoms with van der Waals surface area (Å²) in [5.41, 5.74) is 3.80. The van der Waals surface area contributed by atoms with Gasteiger partial charge in [-0.3, -0.25) is 0 Å². The van der Waals surface area contributed by atoms with E-state index in [4.69, 9.17) is 0 Å². The van der Waals surface area contributed by atoms with Gasteiger partial charge in [0.1, 0.15) is 6.29 Å². The summed E-state index contributed by atoms with van der Waals surface area (Å²) in [5.74, 6) is 0. The SMILES string of the molecule is Cc1cccc(N(C)CCC=O)c1C. The van der Waals surface area contributed by atoms with Crippen molar-refractivity contribution in [2.75, 3.05) is 18.5 Å². The Labute approximate surface area is 85.5 Å². The van der Waals surface area contributed by atoms with Crippen molar-refractivity contribution in [2.45, 2.75) is 20.3 Å². The number of rotatable bonds is 4. The number of anilines is 1. The average Bonchev–Trinajstić information content (AvgIpc) is 2.18. The van der Waals surface area contributed by atoms with E-state index in [9.17, 15) is 4.79 Å². The fraction of sp³-hybridized carbons (Fsp3) is 0.417. The number of nitrogens with zero attached hydrogens (tertiary/aromatic N) is 1. The van der Waals surface area contributed by atoms with Gasteiger partial charge >= 0.3 is 0 Å². The summed E-state index contributed by atoms with van der Waals surface area (Å²) in [5, 5.41) is 0. The van der Waals surface area contributed by atoms with Gasteiger partial charge in [-0.25, -0.2) is 0 Å². The molecule has 0 amide bonds. The molecular formula is C12H17NO. The molecular weight excluding hydrogens is 174 g/mol. The first-order valence-corrected chi connectivity index (χ1v) is 4.88. The molecule has 0 heterocycles. The summed E-state index contributed by atoms with van der Waals surface area (Å²) >= 11 is 0. The highest BCUT2D eigenvalue weighted by molar-refractivity contribution is 5.57. The van der Waals surface area contributed by atoms with Gasteiger partial charge in [0.15, 0.2) is 0 Å². The van der Waals surface area contributed by atoms with Crippen LogP contribution in [0.4, 0.5) is 5.69 Å². The minimum Gasteiger partial charge on any atom is -0.374 e. The van der Waals surface area contributed by atoms with E-state index in [1.807, 2.05) is 7.05 Å². The number of benzene rings is 1. The molecule has 0 bridgehead atoms. The third-order valence-corrected chi connectivity index (χ3v) is 2.57. The lowest BCUT2D eigenvalue weighted by Gasteiger charge is -2.21. The predicted molar refractivity (Wildman–Crippen MR) is 59.9 cm³/mol. The fourth-order valence-electron chi connectivity index (χ4n) is 1.52. The van der Waals surface area contributed by atoms with Crippen molar-refractivity contribution < 1.29 is 4.79 Å². The zero-order valence-corrected chi connectivity index (χ0v) is 9.08. The van der Waals surface area contributed by atoms with Gasteiger partial charge < -0.3 is 9.69 Å². The van der Waals surface area contributed by atoms with Crippen LogP contribution in [0.3, 0.4) is 0 Å². The van der Waals surface area contributed by atoms with Crippen LogP contribution < -0.4 is 4.90 Å². The number of aryl methyl sites for hydroxylation is 1. The molecule has 0 radical (unpaired) electrons. The van der Waals surface area contributed by atoms with E-state index in [0.717, 1.165) is 12.8 Å². The zero-order chi connectivity index (χ0) is 10.6. The Morgan fingerprint density at radius 3 is 2.71 bits per heavy atom. The third kappa shape index (κ3) is 2.34. The highest BCUT2D eigenvalue weighted by Gasteiger charge is 2.04. The van der Waals surface area contributed by atoms with E-state index in [1.54, 1.807) is 0 Å². The molecule has 0 aliphatic carbocycles. The molecule has 76 valence electrons. The van der Waals surface area contributed by atoms with Crippen molar-refractivity contribution >= 4 is 12.0 Å². The molecule has 2 heteroatoms. The van der Waals surface area contributed by atoms with Gasteiger partial charge in [0.05, 0.1) is 0 Å². The Bertz CT molecular complexity index is 320. The molecule has 0 aliphatic heterocycles. The fourth-order valence-corrected chi connectivity index (χ4v) is 1.52. The summed E-state index contributed by atoms with van der Waals surface area (Å²) < 4.78 is 0. The van der Waals surface area contributed by atoms with Crippen molar-refractivity contribution in [3.05, 3.63) is 29.3 Å². The molecule has 0 unspecified atom stereocenters. The first-order chi connectivity index (χ1) is 6.66. The van der Waals surface area contributed by atoms with Crippen LogP contribution in [0, 0.1) is 13.8 Å². The van der Waals surface area contributed by atoms with Gasteiger partial charge in [0.25, 0.3) is 0 Å². The summed E-state index contributed by atoms with van der Waals surface area (Å²) in [6.45, 7) is 5.00. The van der Waals surface area contributed by atoms with E-state index in [-0.39, 0.29) is 0 Å². The standard InChI is InChI=1S/C12H17NO/c1-10-6-4-7-12(11(10)2)13(3)8-5-9-14/h4,6-7,9H,5,8H2,1-3H3. The van der Waals surface area contributed by atoms with E-state index in [1.165, 1.54) is 16.8 Å². The molecule has 0 aromatic heterocycles. The summed E-state index contributed by atoms with van der Waals surface area (Å²) in [6.07, 6.45) is 1.55. The number of hydrogen-bond donors (Lipinski definition) is 0. The Morgan fingerprint density at radius 2 is 2.07 bits per heavy atom.